The van der Waals surface area contributed by atoms with E-state index >= 15 is 0 Å². The third-order valence-corrected chi connectivity index (χ3v) is 7.44. The highest BCUT2D eigenvalue weighted by Gasteiger charge is 2.35. The molecule has 5 rings (SSSR count). The highest BCUT2D eigenvalue weighted by atomic mass is 35.5. The van der Waals surface area contributed by atoms with E-state index in [1.165, 1.54) is 12.1 Å². The first-order valence-corrected chi connectivity index (χ1v) is 13.0. The van der Waals surface area contributed by atoms with Crippen molar-refractivity contribution in [2.24, 2.45) is 0 Å². The highest BCUT2D eigenvalue weighted by Crippen LogP contribution is 2.33. The quantitative estimate of drug-likeness (QED) is 0.393. The summed E-state index contributed by atoms with van der Waals surface area (Å²) in [7, 11) is 0. The molecule has 0 N–H and O–H groups in total. The van der Waals surface area contributed by atoms with E-state index in [1.807, 2.05) is 29.2 Å². The Bertz CT molecular complexity index is 1390. The van der Waals surface area contributed by atoms with Crippen molar-refractivity contribution in [3.63, 3.8) is 0 Å². The molecule has 3 aromatic carbocycles. The lowest BCUT2D eigenvalue weighted by atomic mass is 10.1. The minimum absolute atomic E-state index is 0.0714. The third-order valence-electron chi connectivity index (χ3n) is 6.30. The molecule has 2 aliphatic rings. The van der Waals surface area contributed by atoms with E-state index in [1.54, 1.807) is 42.5 Å². The molecule has 3 amide bonds. The van der Waals surface area contributed by atoms with Crippen LogP contribution in [-0.4, -0.2) is 53.0 Å². The SMILES string of the molecule is O=C(c1cccc(C=C2SC(=O)N(Cc3ccc(F)cc3)C2=O)c1)N1CCN(c2cccc(Cl)c2)CC1. The molecule has 6 nitrogen and oxygen atoms in total. The standard InChI is InChI=1S/C28H23ClFN3O3S/c29-22-5-2-6-24(17-22)31-11-13-32(14-12-31)26(34)21-4-1-3-20(15-21)16-25-27(35)33(28(36)37-25)18-19-7-9-23(30)10-8-19/h1-10,15-17H,11-14,18H2. The van der Waals surface area contributed by atoms with Gasteiger partial charge in [-0.3, -0.25) is 19.3 Å². The molecule has 0 saturated carbocycles. The molecular formula is C28H23ClFN3O3S. The predicted octanol–water partition coefficient (Wildman–Crippen LogP) is 5.68. The fourth-order valence-electron chi connectivity index (χ4n) is 4.34. The molecule has 2 heterocycles. The maximum Gasteiger partial charge on any atom is 0.293 e. The van der Waals surface area contributed by atoms with E-state index < -0.39 is 5.91 Å². The average Bonchev–Trinajstić information content (AvgIpc) is 3.17. The van der Waals surface area contributed by atoms with Gasteiger partial charge in [0.1, 0.15) is 5.82 Å². The molecule has 0 aromatic heterocycles. The lowest BCUT2D eigenvalue weighted by Gasteiger charge is -2.36. The summed E-state index contributed by atoms with van der Waals surface area (Å²) in [6.07, 6.45) is 1.63. The maximum absolute atomic E-state index is 13.2. The molecule has 2 aliphatic heterocycles. The van der Waals surface area contributed by atoms with Gasteiger partial charge in [-0.1, -0.05) is 41.9 Å². The normalized spacial score (nSPS) is 17.1. The number of imide groups is 1. The first-order chi connectivity index (χ1) is 17.9. The first-order valence-electron chi connectivity index (χ1n) is 11.8. The van der Waals surface area contributed by atoms with Crippen molar-refractivity contribution in [1.29, 1.82) is 0 Å². The first kappa shape index (κ1) is 25.0. The van der Waals surface area contributed by atoms with Crippen molar-refractivity contribution in [3.05, 3.63) is 105 Å². The number of carbonyl (C=O) groups is 3. The van der Waals surface area contributed by atoms with E-state index in [0.29, 0.717) is 47.9 Å². The Hall–Kier alpha value is -3.62. The van der Waals surface area contributed by atoms with Gasteiger partial charge >= 0.3 is 0 Å². The smallest absolute Gasteiger partial charge is 0.293 e. The number of amides is 3. The van der Waals surface area contributed by atoms with Crippen LogP contribution in [-0.2, 0) is 11.3 Å². The second-order valence-electron chi connectivity index (χ2n) is 8.78. The summed E-state index contributed by atoms with van der Waals surface area (Å²) in [4.78, 5) is 44.0. The van der Waals surface area contributed by atoms with E-state index in [-0.39, 0.29) is 28.4 Å². The summed E-state index contributed by atoms with van der Waals surface area (Å²) in [5.41, 5.74) is 2.88. The number of nitrogens with zero attached hydrogens (tertiary/aromatic N) is 3. The summed E-state index contributed by atoms with van der Waals surface area (Å²) in [6.45, 7) is 2.64. The van der Waals surface area contributed by atoms with Crippen LogP contribution < -0.4 is 4.90 Å². The van der Waals surface area contributed by atoms with E-state index in [2.05, 4.69) is 4.90 Å². The number of piperazine rings is 1. The zero-order valence-corrected chi connectivity index (χ0v) is 21.3. The summed E-state index contributed by atoms with van der Waals surface area (Å²) in [5.74, 6) is -0.867. The molecule has 2 saturated heterocycles. The molecule has 0 unspecified atom stereocenters. The van der Waals surface area contributed by atoms with Crippen molar-refractivity contribution in [3.8, 4) is 0 Å². The van der Waals surface area contributed by atoms with E-state index in [0.717, 1.165) is 22.3 Å². The van der Waals surface area contributed by atoms with Gasteiger partial charge in [-0.25, -0.2) is 4.39 Å². The third kappa shape index (κ3) is 5.70. The predicted molar refractivity (Wildman–Crippen MR) is 144 cm³/mol. The summed E-state index contributed by atoms with van der Waals surface area (Å²) < 4.78 is 13.2. The number of hydrogen-bond donors (Lipinski definition) is 0. The molecule has 188 valence electrons. The van der Waals surface area contributed by atoms with Gasteiger partial charge in [0, 0.05) is 42.5 Å². The van der Waals surface area contributed by atoms with Crippen LogP contribution in [0.4, 0.5) is 14.9 Å². The van der Waals surface area contributed by atoms with Crippen molar-refractivity contribution >= 4 is 52.2 Å². The van der Waals surface area contributed by atoms with E-state index in [9.17, 15) is 18.8 Å². The monoisotopic (exact) mass is 535 g/mol. The zero-order valence-electron chi connectivity index (χ0n) is 19.8. The number of hydrogen-bond acceptors (Lipinski definition) is 5. The van der Waals surface area contributed by atoms with Crippen LogP contribution in [0.15, 0.2) is 77.7 Å². The van der Waals surface area contributed by atoms with Crippen LogP contribution in [0.5, 0.6) is 0 Å². The van der Waals surface area contributed by atoms with Crippen LogP contribution in [0.1, 0.15) is 21.5 Å². The Kier molecular flexibility index (Phi) is 7.30. The zero-order chi connectivity index (χ0) is 25.9. The summed E-state index contributed by atoms with van der Waals surface area (Å²) in [6, 6.07) is 20.4. The van der Waals surface area contributed by atoms with Crippen LogP contribution in [0.25, 0.3) is 6.08 Å². The Labute approximate surface area is 223 Å². The molecule has 9 heteroatoms. The molecule has 3 aromatic rings. The highest BCUT2D eigenvalue weighted by molar-refractivity contribution is 8.18. The molecule has 2 fully saturated rings. The molecule has 0 atom stereocenters. The number of halogens is 2. The van der Waals surface area contributed by atoms with Crippen LogP contribution in [0, 0.1) is 5.82 Å². The van der Waals surface area contributed by atoms with Crippen molar-refractivity contribution in [2.75, 3.05) is 31.1 Å². The topological polar surface area (TPSA) is 60.9 Å². The molecular weight excluding hydrogens is 513 g/mol. The van der Waals surface area contributed by atoms with Gasteiger partial charge in [0.25, 0.3) is 17.1 Å². The Balaban J connectivity index is 1.25. The lowest BCUT2D eigenvalue weighted by molar-refractivity contribution is -0.123. The van der Waals surface area contributed by atoms with E-state index in [4.69, 9.17) is 11.6 Å². The van der Waals surface area contributed by atoms with Gasteiger partial charge in [-0.05, 0) is 71.4 Å². The Morgan fingerprint density at radius 3 is 2.41 bits per heavy atom. The Morgan fingerprint density at radius 1 is 0.946 bits per heavy atom. The number of anilines is 1. The number of benzene rings is 3. The Morgan fingerprint density at radius 2 is 1.68 bits per heavy atom. The van der Waals surface area contributed by atoms with Crippen LogP contribution in [0.2, 0.25) is 5.02 Å². The molecule has 0 radical (unpaired) electrons. The average molecular weight is 536 g/mol. The second-order valence-corrected chi connectivity index (χ2v) is 10.2. The molecule has 37 heavy (non-hydrogen) atoms. The minimum atomic E-state index is -0.409. The molecule has 0 aliphatic carbocycles. The number of rotatable bonds is 5. The summed E-state index contributed by atoms with van der Waals surface area (Å²) in [5, 5.41) is 0.298. The van der Waals surface area contributed by atoms with Gasteiger partial charge in [0.15, 0.2) is 0 Å². The van der Waals surface area contributed by atoms with Gasteiger partial charge in [-0.2, -0.15) is 0 Å². The van der Waals surface area contributed by atoms with Gasteiger partial charge in [0.2, 0.25) is 0 Å². The van der Waals surface area contributed by atoms with Crippen LogP contribution in [0.3, 0.4) is 0 Å². The second kappa shape index (κ2) is 10.8. The molecule has 0 bridgehead atoms. The lowest BCUT2D eigenvalue weighted by Crippen LogP contribution is -2.48. The van der Waals surface area contributed by atoms with Gasteiger partial charge < -0.3 is 9.80 Å². The number of thioether (sulfide) groups is 1. The van der Waals surface area contributed by atoms with Crippen molar-refractivity contribution < 1.29 is 18.8 Å². The minimum Gasteiger partial charge on any atom is -0.368 e. The largest absolute Gasteiger partial charge is 0.368 e. The van der Waals surface area contributed by atoms with Gasteiger partial charge in [0.05, 0.1) is 11.4 Å². The molecule has 0 spiro atoms. The van der Waals surface area contributed by atoms with Crippen molar-refractivity contribution in [1.82, 2.24) is 9.80 Å². The summed E-state index contributed by atoms with van der Waals surface area (Å²) >= 11 is 6.97. The van der Waals surface area contributed by atoms with Crippen LogP contribution >= 0.6 is 23.4 Å². The fourth-order valence-corrected chi connectivity index (χ4v) is 5.37. The maximum atomic E-state index is 13.2. The number of carbonyl (C=O) groups excluding carboxylic acids is 3. The van der Waals surface area contributed by atoms with Gasteiger partial charge in [-0.15, -0.1) is 0 Å². The fraction of sp³-hybridized carbons (Fsp3) is 0.179. The van der Waals surface area contributed by atoms with Crippen molar-refractivity contribution in [2.45, 2.75) is 6.54 Å².